The number of nitrogens with zero attached hydrogens (tertiary/aromatic N) is 3. The van der Waals surface area contributed by atoms with Crippen LogP contribution in [-0.2, 0) is 28.2 Å². The number of hydrogen-bond donors (Lipinski definition) is 2. The molecule has 9 nitrogen and oxygen atoms in total. The molecule has 0 aliphatic heterocycles. The van der Waals surface area contributed by atoms with Gasteiger partial charge in [0, 0.05) is 50.1 Å². The first-order valence-electron chi connectivity index (χ1n) is 9.49. The summed E-state index contributed by atoms with van der Waals surface area (Å²) < 4.78 is 25.5. The number of amides is 1. The number of carbonyl (C=O) groups excluding carboxylic acids is 1. The number of sulfone groups is 1. The summed E-state index contributed by atoms with van der Waals surface area (Å²) in [5, 5.41) is 8.91. The molecule has 31 heavy (non-hydrogen) atoms. The van der Waals surface area contributed by atoms with Crippen molar-refractivity contribution < 1.29 is 18.4 Å². The Balaban J connectivity index is 1.81. The molecule has 0 aliphatic carbocycles. The summed E-state index contributed by atoms with van der Waals surface area (Å²) in [6.45, 7) is 1.21. The Labute approximate surface area is 179 Å². The van der Waals surface area contributed by atoms with E-state index in [1.807, 2.05) is 42.1 Å². The summed E-state index contributed by atoms with van der Waals surface area (Å²) in [6.07, 6.45) is 5.90. The van der Waals surface area contributed by atoms with Crippen molar-refractivity contribution in [3.63, 3.8) is 0 Å². The minimum Gasteiger partial charge on any atom is -0.334 e. The van der Waals surface area contributed by atoms with Crippen molar-refractivity contribution in [2.75, 3.05) is 6.26 Å². The van der Waals surface area contributed by atoms with Gasteiger partial charge in [-0.05, 0) is 30.5 Å². The molecule has 1 amide bonds. The van der Waals surface area contributed by atoms with E-state index in [-0.39, 0.29) is 18.5 Å². The minimum atomic E-state index is -3.83. The number of hydrogen-bond acceptors (Lipinski definition) is 6. The number of pyridine rings is 1. The van der Waals surface area contributed by atoms with Crippen LogP contribution < -0.4 is 11.0 Å². The van der Waals surface area contributed by atoms with Gasteiger partial charge in [-0.25, -0.2) is 18.9 Å². The normalized spacial score (nSPS) is 13.5. The maximum absolute atomic E-state index is 12.6. The summed E-state index contributed by atoms with van der Waals surface area (Å²) in [5.41, 5.74) is 3.59. The molecule has 0 fully saturated rings. The lowest BCUT2D eigenvalue weighted by molar-refractivity contribution is -0.131. The summed E-state index contributed by atoms with van der Waals surface area (Å²) in [7, 11) is -1.92. The van der Waals surface area contributed by atoms with Gasteiger partial charge >= 0.3 is 0 Å². The van der Waals surface area contributed by atoms with E-state index in [0.29, 0.717) is 5.56 Å². The van der Waals surface area contributed by atoms with Crippen LogP contribution in [-0.4, -0.2) is 44.7 Å². The lowest BCUT2D eigenvalue weighted by Crippen LogP contribution is -2.49. The van der Waals surface area contributed by atoms with E-state index >= 15 is 0 Å². The van der Waals surface area contributed by atoms with Crippen molar-refractivity contribution in [3.8, 4) is 22.5 Å². The maximum Gasteiger partial charge on any atom is 0.264 e. The van der Waals surface area contributed by atoms with E-state index in [1.54, 1.807) is 18.5 Å². The van der Waals surface area contributed by atoms with E-state index in [9.17, 15) is 18.0 Å². The van der Waals surface area contributed by atoms with Gasteiger partial charge in [0.1, 0.15) is 5.82 Å². The third-order valence-electron chi connectivity index (χ3n) is 5.52. The second-order valence-electron chi connectivity index (χ2n) is 7.58. The first kappa shape index (κ1) is 22.4. The third-order valence-corrected chi connectivity index (χ3v) is 7.55. The standard InChI is InChI=1S/C21H24N4O5S/c1-21(20(27)23-28,31(3,29)30)9-12-25-11-8-17(14-18(25)26)15-4-6-16(7-5-15)19-22-10-13-24(19)2/h4-8,10-11,13-14,28H,9,12H2,1-3H3,(H,23,27)/t21-/m1/s1. The molecule has 0 aliphatic rings. The predicted octanol–water partition coefficient (Wildman–Crippen LogP) is 1.61. The van der Waals surface area contributed by atoms with Crippen LogP contribution in [0.25, 0.3) is 22.5 Å². The van der Waals surface area contributed by atoms with Crippen molar-refractivity contribution in [1.82, 2.24) is 19.6 Å². The molecule has 164 valence electrons. The molecule has 0 unspecified atom stereocenters. The summed E-state index contributed by atoms with van der Waals surface area (Å²) in [4.78, 5) is 28.8. The Morgan fingerprint density at radius 1 is 1.13 bits per heavy atom. The molecule has 10 heteroatoms. The highest BCUT2D eigenvalue weighted by Gasteiger charge is 2.43. The van der Waals surface area contributed by atoms with Crippen LogP contribution >= 0.6 is 0 Å². The van der Waals surface area contributed by atoms with E-state index in [2.05, 4.69) is 4.98 Å². The van der Waals surface area contributed by atoms with Gasteiger partial charge in [-0.15, -0.1) is 0 Å². The highest BCUT2D eigenvalue weighted by atomic mass is 32.2. The van der Waals surface area contributed by atoms with Gasteiger partial charge in [-0.1, -0.05) is 24.3 Å². The first-order valence-corrected chi connectivity index (χ1v) is 11.4. The van der Waals surface area contributed by atoms with Crippen LogP contribution in [0.2, 0.25) is 0 Å². The van der Waals surface area contributed by atoms with Crippen molar-refractivity contribution in [1.29, 1.82) is 0 Å². The molecule has 0 bridgehead atoms. The molecule has 2 heterocycles. The molecule has 1 aromatic carbocycles. The van der Waals surface area contributed by atoms with Crippen LogP contribution in [0.15, 0.2) is 59.8 Å². The highest BCUT2D eigenvalue weighted by Crippen LogP contribution is 2.24. The molecule has 3 rings (SSSR count). The Bertz CT molecular complexity index is 1260. The molecular weight excluding hydrogens is 420 g/mol. The van der Waals surface area contributed by atoms with Crippen LogP contribution in [0, 0.1) is 0 Å². The number of aryl methyl sites for hydroxylation is 2. The van der Waals surface area contributed by atoms with Gasteiger partial charge in [0.15, 0.2) is 14.6 Å². The molecular formula is C21H24N4O5S. The molecule has 0 saturated carbocycles. The number of nitrogens with one attached hydrogen (secondary N) is 1. The second kappa shape index (κ2) is 8.48. The molecule has 3 aromatic rings. The lowest BCUT2D eigenvalue weighted by atomic mass is 10.0. The van der Waals surface area contributed by atoms with Crippen molar-refractivity contribution in [3.05, 3.63) is 65.3 Å². The van der Waals surface area contributed by atoms with Crippen molar-refractivity contribution in [2.45, 2.75) is 24.6 Å². The Hall–Kier alpha value is -3.24. The Morgan fingerprint density at radius 3 is 2.29 bits per heavy atom. The zero-order chi connectivity index (χ0) is 22.8. The zero-order valence-corrected chi connectivity index (χ0v) is 18.3. The van der Waals surface area contributed by atoms with Crippen molar-refractivity contribution in [2.24, 2.45) is 7.05 Å². The first-order chi connectivity index (χ1) is 14.6. The quantitative estimate of drug-likeness (QED) is 0.422. The van der Waals surface area contributed by atoms with Gasteiger partial charge in [0.25, 0.3) is 11.5 Å². The van der Waals surface area contributed by atoms with Gasteiger partial charge < -0.3 is 9.13 Å². The summed E-state index contributed by atoms with van der Waals surface area (Å²) in [6, 6.07) is 10.9. The van der Waals surface area contributed by atoms with Crippen LogP contribution in [0.4, 0.5) is 0 Å². The number of rotatable bonds is 7. The fraction of sp³-hybridized carbons (Fsp3) is 0.286. The second-order valence-corrected chi connectivity index (χ2v) is 10.0. The molecule has 0 spiro atoms. The van der Waals surface area contributed by atoms with Crippen LogP contribution in [0.5, 0.6) is 0 Å². The number of imidazole rings is 1. The Morgan fingerprint density at radius 2 is 1.77 bits per heavy atom. The highest BCUT2D eigenvalue weighted by molar-refractivity contribution is 7.92. The lowest BCUT2D eigenvalue weighted by Gasteiger charge is -2.25. The molecule has 1 atom stereocenters. The zero-order valence-electron chi connectivity index (χ0n) is 17.4. The smallest absolute Gasteiger partial charge is 0.264 e. The van der Waals surface area contributed by atoms with Crippen molar-refractivity contribution >= 4 is 15.7 Å². The SMILES string of the molecule is Cn1ccnc1-c1ccc(-c2ccn(CC[C@](C)(C(=O)NO)S(C)(=O)=O)c(=O)c2)cc1. The van der Waals surface area contributed by atoms with E-state index in [0.717, 1.165) is 23.2 Å². The summed E-state index contributed by atoms with van der Waals surface area (Å²) >= 11 is 0. The Kier molecular flexibility index (Phi) is 6.14. The number of aromatic nitrogens is 3. The topological polar surface area (TPSA) is 123 Å². The fourth-order valence-electron chi connectivity index (χ4n) is 3.25. The van der Waals surface area contributed by atoms with Crippen LogP contribution in [0.3, 0.4) is 0 Å². The molecule has 2 N–H and O–H groups in total. The fourth-order valence-corrected chi connectivity index (χ4v) is 4.09. The third kappa shape index (κ3) is 4.44. The van der Waals surface area contributed by atoms with Gasteiger partial charge in [0.05, 0.1) is 0 Å². The number of hydroxylamine groups is 1. The number of carbonyl (C=O) groups is 1. The van der Waals surface area contributed by atoms with E-state index in [4.69, 9.17) is 5.21 Å². The predicted molar refractivity (Wildman–Crippen MR) is 116 cm³/mol. The monoisotopic (exact) mass is 444 g/mol. The maximum atomic E-state index is 12.6. The minimum absolute atomic E-state index is 0.00575. The van der Waals surface area contributed by atoms with E-state index < -0.39 is 20.5 Å². The van der Waals surface area contributed by atoms with Gasteiger partial charge in [-0.3, -0.25) is 14.8 Å². The number of benzene rings is 1. The van der Waals surface area contributed by atoms with E-state index in [1.165, 1.54) is 23.0 Å². The average Bonchev–Trinajstić information content (AvgIpc) is 3.17. The van der Waals surface area contributed by atoms with Gasteiger partial charge in [0.2, 0.25) is 0 Å². The average molecular weight is 445 g/mol. The molecule has 2 aromatic heterocycles. The largest absolute Gasteiger partial charge is 0.334 e. The summed E-state index contributed by atoms with van der Waals surface area (Å²) in [5.74, 6) is -0.199. The van der Waals surface area contributed by atoms with Gasteiger partial charge in [-0.2, -0.15) is 0 Å². The molecule has 0 radical (unpaired) electrons. The van der Waals surface area contributed by atoms with Crippen LogP contribution in [0.1, 0.15) is 13.3 Å². The molecule has 0 saturated heterocycles.